The van der Waals surface area contributed by atoms with Gasteiger partial charge < -0.3 is 19.9 Å². The minimum absolute atomic E-state index is 0.00743. The number of aliphatic hydroxyl groups excluding tert-OH is 1. The van der Waals surface area contributed by atoms with Crippen LogP contribution in [-0.4, -0.2) is 52.3 Å². The van der Waals surface area contributed by atoms with E-state index in [2.05, 4.69) is 31.0 Å². The number of ether oxygens (including phenoxy) is 2. The summed E-state index contributed by atoms with van der Waals surface area (Å²) in [5, 5.41) is 21.2. The number of nitrogens with zero attached hydrogens (tertiary/aromatic N) is 1. The first-order chi connectivity index (χ1) is 21.5. The van der Waals surface area contributed by atoms with Crippen LogP contribution in [0, 0.1) is 10.8 Å². The van der Waals surface area contributed by atoms with E-state index in [1.54, 1.807) is 5.48 Å². The smallest absolute Gasteiger partial charge is 0.243 e. The zero-order valence-corrected chi connectivity index (χ0v) is 27.1. The Bertz CT molecular complexity index is 1300. The van der Waals surface area contributed by atoms with Crippen molar-refractivity contribution in [3.05, 3.63) is 65.2 Å². The van der Waals surface area contributed by atoms with Crippen LogP contribution in [0.5, 0.6) is 0 Å². The van der Waals surface area contributed by atoms with Gasteiger partial charge in [0.15, 0.2) is 6.29 Å². The van der Waals surface area contributed by atoms with E-state index in [1.807, 2.05) is 48.5 Å². The Morgan fingerprint density at radius 2 is 1.67 bits per heavy atom. The molecular weight excluding hydrogens is 570 g/mol. The van der Waals surface area contributed by atoms with Crippen molar-refractivity contribution >= 4 is 17.5 Å². The molecule has 2 amide bonds. The van der Waals surface area contributed by atoms with Gasteiger partial charge in [-0.3, -0.25) is 19.7 Å². The third kappa shape index (κ3) is 9.14. The molecule has 0 spiro atoms. The summed E-state index contributed by atoms with van der Waals surface area (Å²) >= 11 is 0. The maximum atomic E-state index is 12.7. The molecule has 5 rings (SSSR count). The lowest BCUT2D eigenvalue weighted by molar-refractivity contribution is -0.253. The van der Waals surface area contributed by atoms with E-state index in [1.165, 1.54) is 19.3 Å². The second kappa shape index (κ2) is 14.7. The largest absolute Gasteiger partial charge is 0.392 e. The predicted molar refractivity (Wildman–Crippen MR) is 172 cm³/mol. The normalized spacial score (nSPS) is 27.7. The van der Waals surface area contributed by atoms with Gasteiger partial charge in [0.25, 0.3) is 0 Å². The van der Waals surface area contributed by atoms with Gasteiger partial charge in [-0.1, -0.05) is 70.0 Å². The van der Waals surface area contributed by atoms with E-state index >= 15 is 0 Å². The second-order valence-corrected chi connectivity index (χ2v) is 14.6. The Hall–Kier alpha value is -2.82. The SMILES string of the molecule is CC1(C)CC2CC(C)(CN2CC2CC(c3ccc(CO)cc3)OC(c3cccc(NC(=O)CCCCCCC(=O)NO)c3)O2)C1. The summed E-state index contributed by atoms with van der Waals surface area (Å²) in [6, 6.07) is 16.3. The van der Waals surface area contributed by atoms with E-state index in [0.717, 1.165) is 55.5 Å². The maximum absolute atomic E-state index is 12.7. The summed E-state index contributed by atoms with van der Waals surface area (Å²) in [6.07, 6.45) is 7.48. The first-order valence-corrected chi connectivity index (χ1v) is 16.6. The van der Waals surface area contributed by atoms with Crippen LogP contribution in [0.4, 0.5) is 5.69 Å². The van der Waals surface area contributed by atoms with Gasteiger partial charge in [-0.15, -0.1) is 0 Å². The number of unbranched alkanes of at least 4 members (excludes halogenated alkanes) is 3. The Morgan fingerprint density at radius 1 is 0.933 bits per heavy atom. The van der Waals surface area contributed by atoms with Crippen LogP contribution in [0.2, 0.25) is 0 Å². The predicted octanol–water partition coefficient (Wildman–Crippen LogP) is 6.41. The number of hydrogen-bond acceptors (Lipinski definition) is 7. The Morgan fingerprint density at radius 3 is 2.38 bits per heavy atom. The topological polar surface area (TPSA) is 120 Å². The number of hydrogen-bond donors (Lipinski definition) is 4. The van der Waals surface area contributed by atoms with Crippen LogP contribution in [0.1, 0.15) is 114 Å². The summed E-state index contributed by atoms with van der Waals surface area (Å²) in [4.78, 5) is 26.5. The number of nitrogens with one attached hydrogen (secondary N) is 2. The van der Waals surface area contributed by atoms with Crippen molar-refractivity contribution in [3.63, 3.8) is 0 Å². The van der Waals surface area contributed by atoms with Crippen molar-refractivity contribution in [2.45, 2.75) is 116 Å². The number of rotatable bonds is 13. The molecule has 5 unspecified atom stereocenters. The highest BCUT2D eigenvalue weighted by Crippen LogP contribution is 2.53. The van der Waals surface area contributed by atoms with Crippen molar-refractivity contribution < 1.29 is 29.4 Å². The average Bonchev–Trinajstić information content (AvgIpc) is 3.25. The van der Waals surface area contributed by atoms with Crippen LogP contribution in [0.25, 0.3) is 0 Å². The van der Waals surface area contributed by atoms with Gasteiger partial charge in [0.1, 0.15) is 0 Å². The number of aliphatic hydroxyl groups is 1. The van der Waals surface area contributed by atoms with Gasteiger partial charge in [-0.25, -0.2) is 5.48 Å². The molecule has 3 fully saturated rings. The molecule has 3 aliphatic rings. The minimum Gasteiger partial charge on any atom is -0.392 e. The molecule has 246 valence electrons. The number of carbonyl (C=O) groups is 2. The monoisotopic (exact) mass is 621 g/mol. The van der Waals surface area contributed by atoms with Crippen molar-refractivity contribution in [1.29, 1.82) is 0 Å². The number of benzene rings is 2. The number of anilines is 1. The Kier molecular flexibility index (Phi) is 11.0. The zero-order chi connectivity index (χ0) is 32.0. The average molecular weight is 622 g/mol. The fourth-order valence-electron chi connectivity index (χ4n) is 8.05. The number of amides is 2. The molecule has 2 heterocycles. The standard InChI is InChI=1S/C36H51N3O6/c1-35(2)19-29-20-36(3,23-35)24-39(29)21-30-18-31(26-15-13-25(22-40)14-16-26)45-34(44-30)27-9-8-10-28(17-27)37-32(41)11-6-4-5-7-12-33(42)38-43/h8-10,13-17,29-31,34,40,43H,4-7,11-12,18-24H2,1-3H3,(H,37,41)(H,38,42). The van der Waals surface area contributed by atoms with Crippen molar-refractivity contribution in [3.8, 4) is 0 Å². The third-order valence-corrected chi connectivity index (χ3v) is 9.70. The lowest BCUT2D eigenvalue weighted by Gasteiger charge is -2.41. The molecule has 2 aliphatic heterocycles. The molecular formula is C36H51N3O6. The molecule has 45 heavy (non-hydrogen) atoms. The van der Waals surface area contributed by atoms with E-state index in [-0.39, 0.29) is 37.0 Å². The summed E-state index contributed by atoms with van der Waals surface area (Å²) in [6.45, 7) is 9.22. The van der Waals surface area contributed by atoms with E-state index in [0.29, 0.717) is 35.4 Å². The first kappa shape index (κ1) is 33.5. The molecule has 5 atom stereocenters. The summed E-state index contributed by atoms with van der Waals surface area (Å²) in [7, 11) is 0. The van der Waals surface area contributed by atoms with Crippen molar-refractivity contribution in [2.75, 3.05) is 18.4 Å². The van der Waals surface area contributed by atoms with Gasteiger partial charge >= 0.3 is 0 Å². The molecule has 2 saturated heterocycles. The zero-order valence-electron chi connectivity index (χ0n) is 27.1. The number of hydroxylamine groups is 1. The Balaban J connectivity index is 1.24. The molecule has 0 aromatic heterocycles. The molecule has 9 heteroatoms. The molecule has 1 saturated carbocycles. The highest BCUT2D eigenvalue weighted by atomic mass is 16.7. The minimum atomic E-state index is -0.576. The third-order valence-electron chi connectivity index (χ3n) is 9.70. The van der Waals surface area contributed by atoms with E-state index in [4.69, 9.17) is 14.7 Å². The van der Waals surface area contributed by atoms with E-state index in [9.17, 15) is 14.7 Å². The molecule has 2 aromatic rings. The molecule has 9 nitrogen and oxygen atoms in total. The van der Waals surface area contributed by atoms with Crippen molar-refractivity contribution in [2.24, 2.45) is 10.8 Å². The molecule has 2 aromatic carbocycles. The van der Waals surface area contributed by atoms with Gasteiger partial charge in [0.05, 0.1) is 18.8 Å². The summed E-state index contributed by atoms with van der Waals surface area (Å²) in [5.74, 6) is -0.435. The summed E-state index contributed by atoms with van der Waals surface area (Å²) in [5.41, 5.74) is 5.86. The number of fused-ring (bicyclic) bond motifs is 2. The molecule has 4 N–H and O–H groups in total. The number of carbonyl (C=O) groups excluding carboxylic acids is 2. The van der Waals surface area contributed by atoms with Crippen LogP contribution in [-0.2, 0) is 25.7 Å². The van der Waals surface area contributed by atoms with Crippen LogP contribution < -0.4 is 10.8 Å². The lowest BCUT2D eigenvalue weighted by atomic mass is 9.65. The summed E-state index contributed by atoms with van der Waals surface area (Å²) < 4.78 is 13.3. The van der Waals surface area contributed by atoms with E-state index < -0.39 is 6.29 Å². The van der Waals surface area contributed by atoms with Crippen LogP contribution in [0.3, 0.4) is 0 Å². The lowest BCUT2D eigenvalue weighted by Crippen LogP contribution is -2.42. The first-order valence-electron chi connectivity index (χ1n) is 16.6. The van der Waals surface area contributed by atoms with Gasteiger partial charge in [0.2, 0.25) is 11.8 Å². The fraction of sp³-hybridized carbons (Fsp3) is 0.611. The second-order valence-electron chi connectivity index (χ2n) is 14.6. The number of likely N-dealkylation sites (tertiary alicyclic amines) is 1. The molecule has 1 aliphatic carbocycles. The van der Waals surface area contributed by atoms with Gasteiger partial charge in [0, 0.05) is 49.6 Å². The maximum Gasteiger partial charge on any atom is 0.243 e. The van der Waals surface area contributed by atoms with Crippen LogP contribution in [0.15, 0.2) is 48.5 Å². The quantitative estimate of drug-likeness (QED) is 0.116. The fourth-order valence-corrected chi connectivity index (χ4v) is 8.05. The Labute approximate surface area is 267 Å². The highest BCUT2D eigenvalue weighted by molar-refractivity contribution is 5.90. The molecule has 2 bridgehead atoms. The highest BCUT2D eigenvalue weighted by Gasteiger charge is 2.50. The van der Waals surface area contributed by atoms with Crippen molar-refractivity contribution in [1.82, 2.24) is 10.4 Å². The van der Waals surface area contributed by atoms with Gasteiger partial charge in [-0.05, 0) is 66.2 Å². The van der Waals surface area contributed by atoms with Gasteiger partial charge in [-0.2, -0.15) is 0 Å². The van der Waals surface area contributed by atoms with Crippen LogP contribution >= 0.6 is 0 Å². The molecule has 0 radical (unpaired) electrons.